The van der Waals surface area contributed by atoms with Gasteiger partial charge in [0.25, 0.3) is 0 Å². The molecule has 1 aromatic carbocycles. The zero-order chi connectivity index (χ0) is 15.8. The zero-order valence-corrected chi connectivity index (χ0v) is 12.2. The molecule has 1 amide bonds. The number of hydrogen-bond donors (Lipinski definition) is 2. The number of hydrogen-bond acceptors (Lipinski definition) is 4. The van der Waals surface area contributed by atoms with Crippen molar-refractivity contribution in [3.05, 3.63) is 29.8 Å². The van der Waals surface area contributed by atoms with Gasteiger partial charge in [0.15, 0.2) is 11.5 Å². The Morgan fingerprint density at radius 3 is 2.82 bits per heavy atom. The molecule has 1 heterocycles. The second kappa shape index (κ2) is 8.07. The summed E-state index contributed by atoms with van der Waals surface area (Å²) < 4.78 is 10.5. The van der Waals surface area contributed by atoms with Gasteiger partial charge in [0.05, 0.1) is 0 Å². The molecule has 0 spiro atoms. The summed E-state index contributed by atoms with van der Waals surface area (Å²) in [5.41, 5.74) is 0.862. The van der Waals surface area contributed by atoms with Crippen molar-refractivity contribution < 1.29 is 24.2 Å². The van der Waals surface area contributed by atoms with Crippen LogP contribution in [0.3, 0.4) is 0 Å². The van der Waals surface area contributed by atoms with E-state index in [1.165, 1.54) is 6.08 Å². The summed E-state index contributed by atoms with van der Waals surface area (Å²) in [6.07, 6.45) is 5.56. The number of amides is 1. The molecule has 2 rings (SSSR count). The van der Waals surface area contributed by atoms with E-state index < -0.39 is 5.97 Å². The molecule has 22 heavy (non-hydrogen) atoms. The van der Waals surface area contributed by atoms with Crippen molar-refractivity contribution in [1.82, 2.24) is 5.32 Å². The summed E-state index contributed by atoms with van der Waals surface area (Å²) in [6.45, 7) is 0.773. The maximum Gasteiger partial charge on any atom is 0.303 e. The molecular weight excluding hydrogens is 286 g/mol. The van der Waals surface area contributed by atoms with E-state index >= 15 is 0 Å². The number of carboxylic acids is 1. The lowest BCUT2D eigenvalue weighted by Gasteiger charge is -2.02. The molecule has 6 heteroatoms. The van der Waals surface area contributed by atoms with Gasteiger partial charge in [-0.2, -0.15) is 0 Å². The minimum absolute atomic E-state index is 0.170. The second-order valence-electron chi connectivity index (χ2n) is 4.94. The molecule has 0 aromatic heterocycles. The third kappa shape index (κ3) is 5.12. The van der Waals surface area contributed by atoms with Crippen LogP contribution in [0.5, 0.6) is 11.5 Å². The summed E-state index contributed by atoms with van der Waals surface area (Å²) in [5, 5.41) is 11.3. The van der Waals surface area contributed by atoms with Crippen LogP contribution >= 0.6 is 0 Å². The molecule has 0 fully saturated rings. The van der Waals surface area contributed by atoms with E-state index in [0.717, 1.165) is 18.4 Å². The van der Waals surface area contributed by atoms with E-state index in [2.05, 4.69) is 5.32 Å². The Morgan fingerprint density at radius 1 is 1.18 bits per heavy atom. The van der Waals surface area contributed by atoms with Crippen molar-refractivity contribution in [2.24, 2.45) is 0 Å². The van der Waals surface area contributed by atoms with Gasteiger partial charge in [0.2, 0.25) is 12.7 Å². The lowest BCUT2D eigenvalue weighted by atomic mass is 10.2. The minimum atomic E-state index is -0.782. The van der Waals surface area contributed by atoms with E-state index in [-0.39, 0.29) is 19.1 Å². The Morgan fingerprint density at radius 2 is 2.00 bits per heavy atom. The fraction of sp³-hybridized carbons (Fsp3) is 0.375. The molecule has 1 aliphatic rings. The molecule has 118 valence electrons. The number of aliphatic carboxylic acids is 1. The first kappa shape index (κ1) is 15.9. The zero-order valence-electron chi connectivity index (χ0n) is 12.2. The largest absolute Gasteiger partial charge is 0.481 e. The predicted octanol–water partition coefficient (Wildman–Crippen LogP) is 2.19. The lowest BCUT2D eigenvalue weighted by Crippen LogP contribution is -2.22. The molecule has 0 radical (unpaired) electrons. The highest BCUT2D eigenvalue weighted by molar-refractivity contribution is 5.91. The van der Waals surface area contributed by atoms with E-state index in [1.54, 1.807) is 6.08 Å². The van der Waals surface area contributed by atoms with Gasteiger partial charge >= 0.3 is 5.97 Å². The topological polar surface area (TPSA) is 84.9 Å². The fourth-order valence-corrected chi connectivity index (χ4v) is 2.04. The fourth-order valence-electron chi connectivity index (χ4n) is 2.04. The summed E-state index contributed by atoms with van der Waals surface area (Å²) in [6, 6.07) is 5.48. The summed E-state index contributed by atoms with van der Waals surface area (Å²) in [4.78, 5) is 22.0. The smallest absolute Gasteiger partial charge is 0.303 e. The molecule has 0 atom stereocenters. The molecule has 2 N–H and O–H groups in total. The summed E-state index contributed by atoms with van der Waals surface area (Å²) in [7, 11) is 0. The van der Waals surface area contributed by atoms with Gasteiger partial charge < -0.3 is 19.9 Å². The third-order valence-corrected chi connectivity index (χ3v) is 3.19. The Labute approximate surface area is 128 Å². The maximum atomic E-state index is 11.6. The first-order valence-electron chi connectivity index (χ1n) is 7.22. The third-order valence-electron chi connectivity index (χ3n) is 3.19. The Bertz CT molecular complexity index is 568. The Balaban J connectivity index is 1.67. The maximum absolute atomic E-state index is 11.6. The second-order valence-corrected chi connectivity index (χ2v) is 4.94. The Hall–Kier alpha value is -2.50. The van der Waals surface area contributed by atoms with Crippen molar-refractivity contribution in [2.75, 3.05) is 13.3 Å². The number of carbonyl (C=O) groups excluding carboxylic acids is 1. The Kier molecular flexibility index (Phi) is 5.82. The number of carbonyl (C=O) groups is 2. The van der Waals surface area contributed by atoms with Crippen molar-refractivity contribution in [1.29, 1.82) is 0 Å². The molecule has 6 nitrogen and oxygen atoms in total. The molecule has 0 saturated heterocycles. The number of rotatable bonds is 8. The van der Waals surface area contributed by atoms with Crippen LogP contribution in [0.4, 0.5) is 0 Å². The highest BCUT2D eigenvalue weighted by atomic mass is 16.7. The van der Waals surface area contributed by atoms with Crippen LogP contribution in [0.1, 0.15) is 31.2 Å². The van der Waals surface area contributed by atoms with E-state index in [0.29, 0.717) is 24.5 Å². The number of nitrogens with one attached hydrogen (secondary N) is 1. The quantitative estimate of drug-likeness (QED) is 0.568. The number of unbranched alkanes of at least 4 members (excludes halogenated alkanes) is 2. The van der Waals surface area contributed by atoms with Crippen molar-refractivity contribution >= 4 is 18.0 Å². The number of ether oxygens (including phenoxy) is 2. The summed E-state index contributed by atoms with van der Waals surface area (Å²) in [5.74, 6) is 0.440. The SMILES string of the molecule is O=C(O)CCCCCNC(=O)/C=C/c1ccc2c(c1)OCO2. The number of fused-ring (bicyclic) bond motifs is 1. The van der Waals surface area contributed by atoms with Crippen LogP contribution in [0.15, 0.2) is 24.3 Å². The summed E-state index contributed by atoms with van der Waals surface area (Å²) >= 11 is 0. The van der Waals surface area contributed by atoms with E-state index in [9.17, 15) is 9.59 Å². The van der Waals surface area contributed by atoms with Gasteiger partial charge in [-0.1, -0.05) is 12.5 Å². The van der Waals surface area contributed by atoms with Crippen LogP contribution < -0.4 is 14.8 Å². The number of carboxylic acid groups (broad SMARTS) is 1. The number of benzene rings is 1. The van der Waals surface area contributed by atoms with Crippen LogP contribution in [-0.2, 0) is 9.59 Å². The first-order chi connectivity index (χ1) is 10.6. The average Bonchev–Trinajstić information content (AvgIpc) is 2.96. The minimum Gasteiger partial charge on any atom is -0.481 e. The van der Waals surface area contributed by atoms with Gasteiger partial charge in [-0.15, -0.1) is 0 Å². The molecule has 0 saturated carbocycles. The molecule has 0 unspecified atom stereocenters. The first-order valence-corrected chi connectivity index (χ1v) is 7.22. The van der Waals surface area contributed by atoms with Crippen molar-refractivity contribution in [3.63, 3.8) is 0 Å². The van der Waals surface area contributed by atoms with E-state index in [4.69, 9.17) is 14.6 Å². The van der Waals surface area contributed by atoms with Gasteiger partial charge in [0.1, 0.15) is 0 Å². The lowest BCUT2D eigenvalue weighted by molar-refractivity contribution is -0.137. The average molecular weight is 305 g/mol. The monoisotopic (exact) mass is 305 g/mol. The van der Waals surface area contributed by atoms with Gasteiger partial charge in [-0.3, -0.25) is 9.59 Å². The standard InChI is InChI=1S/C16H19NO5/c18-15(17-9-3-1-2-4-16(19)20)8-6-12-5-7-13-14(10-12)22-11-21-13/h5-8,10H,1-4,9,11H2,(H,17,18)(H,19,20)/b8-6+. The van der Waals surface area contributed by atoms with E-state index in [1.807, 2.05) is 18.2 Å². The normalized spacial score (nSPS) is 12.5. The van der Waals surface area contributed by atoms with Gasteiger partial charge in [-0.05, 0) is 36.6 Å². The highest BCUT2D eigenvalue weighted by Gasteiger charge is 2.12. The molecule has 1 aliphatic heterocycles. The van der Waals surface area contributed by atoms with Crippen LogP contribution in [0.25, 0.3) is 6.08 Å². The molecule has 0 aliphatic carbocycles. The van der Waals surface area contributed by atoms with Gasteiger partial charge in [-0.25, -0.2) is 0 Å². The molecule has 0 bridgehead atoms. The van der Waals surface area contributed by atoms with Crippen molar-refractivity contribution in [2.45, 2.75) is 25.7 Å². The predicted molar refractivity (Wildman–Crippen MR) is 80.7 cm³/mol. The molecule has 1 aromatic rings. The highest BCUT2D eigenvalue weighted by Crippen LogP contribution is 2.32. The van der Waals surface area contributed by atoms with Gasteiger partial charge in [0, 0.05) is 19.0 Å². The van der Waals surface area contributed by atoms with Crippen LogP contribution in [0.2, 0.25) is 0 Å². The van der Waals surface area contributed by atoms with Crippen LogP contribution in [-0.4, -0.2) is 30.3 Å². The van der Waals surface area contributed by atoms with Crippen LogP contribution in [0, 0.1) is 0 Å². The molecular formula is C16H19NO5. The van der Waals surface area contributed by atoms with Crippen molar-refractivity contribution in [3.8, 4) is 11.5 Å².